The minimum Gasteiger partial charge on any atom is -0.481 e. The fourth-order valence-electron chi connectivity index (χ4n) is 4.06. The van der Waals surface area contributed by atoms with E-state index >= 15 is 0 Å². The Balaban J connectivity index is 1.49. The zero-order valence-electron chi connectivity index (χ0n) is 17.5. The van der Waals surface area contributed by atoms with E-state index < -0.39 is 18.2 Å². The van der Waals surface area contributed by atoms with E-state index in [-0.39, 0.29) is 30.5 Å². The number of fused-ring (bicyclic) bond motifs is 1. The molecule has 3 N–H and O–H groups in total. The Morgan fingerprint density at radius 3 is 2.84 bits per heavy atom. The number of carbonyl (C=O) groups is 2. The van der Waals surface area contributed by atoms with Crippen molar-refractivity contribution in [2.24, 2.45) is 11.8 Å². The van der Waals surface area contributed by atoms with Gasteiger partial charge in [-0.15, -0.1) is 11.3 Å². The molecule has 1 aromatic heterocycles. The largest absolute Gasteiger partial charge is 0.481 e. The minimum atomic E-state index is -0.807. The summed E-state index contributed by atoms with van der Waals surface area (Å²) in [4.78, 5) is 24.0. The molecule has 3 rings (SSSR count). The molecule has 0 amide bonds. The zero-order chi connectivity index (χ0) is 22.2. The highest BCUT2D eigenvalue weighted by Crippen LogP contribution is 2.33. The second-order valence-corrected chi connectivity index (χ2v) is 9.32. The van der Waals surface area contributed by atoms with Gasteiger partial charge in [-0.3, -0.25) is 9.59 Å². The number of benzene rings is 1. The summed E-state index contributed by atoms with van der Waals surface area (Å²) in [6.45, 7) is 0. The monoisotopic (exact) mass is 442 g/mol. The molecule has 2 aromatic rings. The smallest absolute Gasteiger partial charge is 0.303 e. The molecular weight excluding hydrogens is 412 g/mol. The Labute approximate surface area is 186 Å². The number of aliphatic carboxylic acids is 1. The van der Waals surface area contributed by atoms with E-state index in [9.17, 15) is 19.8 Å². The van der Waals surface area contributed by atoms with Crippen LogP contribution in [0.1, 0.15) is 43.4 Å². The molecule has 0 aliphatic heterocycles. The van der Waals surface area contributed by atoms with Crippen LogP contribution in [-0.4, -0.2) is 39.3 Å². The summed E-state index contributed by atoms with van der Waals surface area (Å²) in [6.07, 6.45) is 9.38. The number of allylic oxidation sites excluding steroid dienone is 2. The minimum absolute atomic E-state index is 0.0390. The average molecular weight is 443 g/mol. The predicted octanol–water partition coefficient (Wildman–Crippen LogP) is 4.52. The van der Waals surface area contributed by atoms with Gasteiger partial charge in [0.2, 0.25) is 0 Å². The summed E-state index contributed by atoms with van der Waals surface area (Å²) in [6, 6.07) is 10.4. The van der Waals surface area contributed by atoms with Gasteiger partial charge in [0.15, 0.2) is 0 Å². The molecule has 0 spiro atoms. The van der Waals surface area contributed by atoms with E-state index in [0.29, 0.717) is 25.7 Å². The van der Waals surface area contributed by atoms with E-state index in [0.717, 1.165) is 6.42 Å². The Morgan fingerprint density at radius 1 is 1.26 bits per heavy atom. The third-order valence-electron chi connectivity index (χ3n) is 5.77. The third-order valence-corrected chi connectivity index (χ3v) is 6.95. The highest BCUT2D eigenvalue weighted by Gasteiger charge is 2.39. The van der Waals surface area contributed by atoms with Gasteiger partial charge in [-0.2, -0.15) is 0 Å². The lowest BCUT2D eigenvalue weighted by atomic mass is 9.90. The number of carboxylic acids is 1. The Kier molecular flexibility index (Phi) is 8.58. The molecule has 1 heterocycles. The summed E-state index contributed by atoms with van der Waals surface area (Å²) in [7, 11) is 0. The van der Waals surface area contributed by atoms with Crippen LogP contribution in [0, 0.1) is 11.8 Å². The van der Waals surface area contributed by atoms with E-state index in [1.165, 1.54) is 15.0 Å². The van der Waals surface area contributed by atoms with Crippen molar-refractivity contribution in [1.82, 2.24) is 0 Å². The van der Waals surface area contributed by atoms with Crippen LogP contribution >= 0.6 is 11.3 Å². The quantitative estimate of drug-likeness (QED) is 0.351. The molecule has 1 fully saturated rings. The SMILES string of the molecule is O=C(O)CCC/C=C\C[C@H]1C(=O)CC(O)[C@@H]1/C=C/[C@@H](O)CCc1cc2ccccc2s1. The number of Topliss-reactive ketones (excluding diaryl/α,β-unsaturated/α-hetero) is 1. The lowest BCUT2D eigenvalue weighted by molar-refractivity contribution is -0.137. The molecule has 1 aromatic carbocycles. The third kappa shape index (κ3) is 6.86. The number of aryl methyl sites for hydroxylation is 1. The van der Waals surface area contributed by atoms with Crippen molar-refractivity contribution in [2.75, 3.05) is 0 Å². The molecule has 1 aliphatic carbocycles. The lowest BCUT2D eigenvalue weighted by Gasteiger charge is -2.16. The van der Waals surface area contributed by atoms with Gasteiger partial charge in [-0.25, -0.2) is 0 Å². The number of hydrogen-bond acceptors (Lipinski definition) is 5. The maximum Gasteiger partial charge on any atom is 0.303 e. The predicted molar refractivity (Wildman–Crippen MR) is 123 cm³/mol. The number of ketones is 1. The van der Waals surface area contributed by atoms with Crippen LogP contribution in [0.25, 0.3) is 10.1 Å². The highest BCUT2D eigenvalue weighted by atomic mass is 32.1. The molecule has 166 valence electrons. The van der Waals surface area contributed by atoms with Crippen molar-refractivity contribution in [3.8, 4) is 0 Å². The fourth-order valence-corrected chi connectivity index (χ4v) is 5.14. The van der Waals surface area contributed by atoms with Crippen molar-refractivity contribution in [3.63, 3.8) is 0 Å². The first-order chi connectivity index (χ1) is 14.9. The molecule has 0 bridgehead atoms. The summed E-state index contributed by atoms with van der Waals surface area (Å²) in [5, 5.41) is 30.6. The topological polar surface area (TPSA) is 94.8 Å². The average Bonchev–Trinajstić information content (AvgIpc) is 3.27. The van der Waals surface area contributed by atoms with E-state index in [1.54, 1.807) is 23.5 Å². The summed E-state index contributed by atoms with van der Waals surface area (Å²) < 4.78 is 1.24. The van der Waals surface area contributed by atoms with Gasteiger partial charge in [-0.1, -0.05) is 42.5 Å². The van der Waals surface area contributed by atoms with E-state index in [1.807, 2.05) is 24.3 Å². The van der Waals surface area contributed by atoms with Crippen LogP contribution in [0.5, 0.6) is 0 Å². The molecule has 0 saturated heterocycles. The molecule has 1 aliphatic rings. The van der Waals surface area contributed by atoms with Crippen molar-refractivity contribution >= 4 is 33.2 Å². The van der Waals surface area contributed by atoms with Crippen molar-refractivity contribution in [1.29, 1.82) is 0 Å². The number of rotatable bonds is 11. The van der Waals surface area contributed by atoms with Crippen LogP contribution in [0.15, 0.2) is 54.6 Å². The molecule has 31 heavy (non-hydrogen) atoms. The Hall–Kier alpha value is -2.28. The molecule has 5 nitrogen and oxygen atoms in total. The van der Waals surface area contributed by atoms with Gasteiger partial charge in [0.1, 0.15) is 5.78 Å². The number of carbonyl (C=O) groups excluding carboxylic acids is 1. The molecule has 0 radical (unpaired) electrons. The van der Waals surface area contributed by atoms with E-state index in [4.69, 9.17) is 5.11 Å². The molecule has 4 atom stereocenters. The molecule has 1 saturated carbocycles. The molecule has 1 unspecified atom stereocenters. The number of thiophene rings is 1. The summed E-state index contributed by atoms with van der Waals surface area (Å²) >= 11 is 1.74. The van der Waals surface area contributed by atoms with Gasteiger partial charge in [0.05, 0.1) is 12.2 Å². The van der Waals surface area contributed by atoms with Crippen LogP contribution in [0.2, 0.25) is 0 Å². The first kappa shape index (κ1) is 23.4. The second kappa shape index (κ2) is 11.4. The summed E-state index contributed by atoms with van der Waals surface area (Å²) in [5.41, 5.74) is 0. The Morgan fingerprint density at radius 2 is 2.06 bits per heavy atom. The first-order valence-electron chi connectivity index (χ1n) is 10.9. The molecular formula is C25H30O5S. The van der Waals surface area contributed by atoms with Crippen LogP contribution in [0.4, 0.5) is 0 Å². The van der Waals surface area contributed by atoms with Gasteiger partial charge in [0, 0.05) is 34.3 Å². The van der Waals surface area contributed by atoms with Gasteiger partial charge in [-0.05, 0) is 49.6 Å². The number of aliphatic hydroxyl groups excluding tert-OH is 2. The fraction of sp³-hybridized carbons (Fsp3) is 0.440. The van der Waals surface area contributed by atoms with Crippen LogP contribution < -0.4 is 0 Å². The standard InChI is InChI=1S/C25H30O5S/c26-18(11-13-19-15-17-7-5-6-9-24(17)31-19)12-14-21-20(22(27)16-23(21)28)8-3-1-2-4-10-25(29)30/h1,3,5-7,9,12,14-15,18,20-21,23,26,28H,2,4,8,10-11,13,16H2,(H,29,30)/b3-1-,14-12+/t18-,20+,21+,23?/m0/s1. The second-order valence-electron chi connectivity index (χ2n) is 8.16. The normalized spacial score (nSPS) is 22.8. The van der Waals surface area contributed by atoms with Gasteiger partial charge in [0.25, 0.3) is 0 Å². The summed E-state index contributed by atoms with van der Waals surface area (Å²) in [5.74, 6) is -1.36. The lowest BCUT2D eigenvalue weighted by Crippen LogP contribution is -2.18. The first-order valence-corrected chi connectivity index (χ1v) is 11.7. The maximum absolute atomic E-state index is 12.3. The number of hydrogen-bond donors (Lipinski definition) is 3. The van der Waals surface area contributed by atoms with Crippen molar-refractivity contribution < 1.29 is 24.9 Å². The van der Waals surface area contributed by atoms with Gasteiger partial charge < -0.3 is 15.3 Å². The number of carboxylic acid groups (broad SMARTS) is 1. The van der Waals surface area contributed by atoms with Crippen LogP contribution in [0.3, 0.4) is 0 Å². The van der Waals surface area contributed by atoms with Crippen molar-refractivity contribution in [3.05, 3.63) is 59.5 Å². The van der Waals surface area contributed by atoms with E-state index in [2.05, 4.69) is 18.2 Å². The number of unbranched alkanes of at least 4 members (excludes halogenated alkanes) is 1. The van der Waals surface area contributed by atoms with Gasteiger partial charge >= 0.3 is 5.97 Å². The zero-order valence-corrected chi connectivity index (χ0v) is 18.3. The number of aliphatic hydroxyl groups is 2. The highest BCUT2D eigenvalue weighted by molar-refractivity contribution is 7.19. The maximum atomic E-state index is 12.3. The molecule has 6 heteroatoms. The Bertz CT molecular complexity index is 911. The van der Waals surface area contributed by atoms with Crippen molar-refractivity contribution in [2.45, 2.75) is 57.2 Å². The van der Waals surface area contributed by atoms with Crippen LogP contribution in [-0.2, 0) is 16.0 Å².